The highest BCUT2D eigenvalue weighted by molar-refractivity contribution is 14.0. The quantitative estimate of drug-likeness (QED) is 0.370. The average Bonchev–Trinajstić information content (AvgIpc) is 2.86. The summed E-state index contributed by atoms with van der Waals surface area (Å²) in [6.45, 7) is 8.21. The molecule has 0 fully saturated rings. The Morgan fingerprint density at radius 3 is 2.46 bits per heavy atom. The van der Waals surface area contributed by atoms with Crippen molar-refractivity contribution in [1.82, 2.24) is 20.4 Å². The van der Waals surface area contributed by atoms with Crippen molar-refractivity contribution in [1.29, 1.82) is 0 Å². The first-order valence-electron chi connectivity index (χ1n) is 8.65. The van der Waals surface area contributed by atoms with Crippen LogP contribution < -0.4 is 10.6 Å². The molecule has 1 atom stereocenters. The van der Waals surface area contributed by atoms with Crippen molar-refractivity contribution in [3.05, 3.63) is 52.8 Å². The molecule has 0 radical (unpaired) electrons. The van der Waals surface area contributed by atoms with Crippen LogP contribution in [0.4, 0.5) is 0 Å². The van der Waals surface area contributed by atoms with Crippen LogP contribution in [0.15, 0.2) is 35.3 Å². The van der Waals surface area contributed by atoms with E-state index in [1.54, 1.807) is 7.11 Å². The monoisotopic (exact) mass is 471 g/mol. The van der Waals surface area contributed by atoms with E-state index in [1.807, 2.05) is 36.9 Å². The molecule has 2 aromatic rings. The molecule has 0 aliphatic carbocycles. The second kappa shape index (κ2) is 11.2. The number of methoxy groups -OCH3 is 1. The van der Waals surface area contributed by atoms with Gasteiger partial charge in [0.1, 0.15) is 0 Å². The smallest absolute Gasteiger partial charge is 0.191 e. The molecule has 1 aromatic heterocycles. The zero-order valence-corrected chi connectivity index (χ0v) is 18.6. The van der Waals surface area contributed by atoms with Gasteiger partial charge in [0, 0.05) is 38.5 Å². The van der Waals surface area contributed by atoms with Crippen LogP contribution in [0.5, 0.6) is 0 Å². The number of aliphatic imine (C=N–C) groups is 1. The number of nitrogens with one attached hydrogen (secondary N) is 2. The molecule has 144 valence electrons. The maximum absolute atomic E-state index is 5.61. The average molecular weight is 471 g/mol. The van der Waals surface area contributed by atoms with Crippen LogP contribution in [0.3, 0.4) is 0 Å². The van der Waals surface area contributed by atoms with E-state index in [0.717, 1.165) is 29.5 Å². The van der Waals surface area contributed by atoms with Crippen molar-refractivity contribution in [2.75, 3.05) is 20.2 Å². The number of rotatable bonds is 7. The summed E-state index contributed by atoms with van der Waals surface area (Å²) >= 11 is 0. The molecule has 0 aliphatic heterocycles. The van der Waals surface area contributed by atoms with Crippen molar-refractivity contribution < 1.29 is 4.74 Å². The summed E-state index contributed by atoms with van der Waals surface area (Å²) in [5.41, 5.74) is 4.49. The number of ether oxygens (including phenoxy) is 1. The molecule has 26 heavy (non-hydrogen) atoms. The van der Waals surface area contributed by atoms with Crippen molar-refractivity contribution in [2.45, 2.75) is 33.4 Å². The van der Waals surface area contributed by atoms with Crippen molar-refractivity contribution in [2.24, 2.45) is 12.0 Å². The fourth-order valence-corrected chi connectivity index (χ4v) is 2.74. The van der Waals surface area contributed by atoms with E-state index in [9.17, 15) is 0 Å². The van der Waals surface area contributed by atoms with Crippen molar-refractivity contribution >= 4 is 29.9 Å². The number of hydrogen-bond acceptors (Lipinski definition) is 3. The van der Waals surface area contributed by atoms with Crippen molar-refractivity contribution in [3.63, 3.8) is 0 Å². The van der Waals surface area contributed by atoms with E-state index in [4.69, 9.17) is 9.73 Å². The van der Waals surface area contributed by atoms with Gasteiger partial charge in [-0.3, -0.25) is 4.68 Å². The summed E-state index contributed by atoms with van der Waals surface area (Å²) in [6, 6.07) is 10.2. The Morgan fingerprint density at radius 1 is 1.23 bits per heavy atom. The minimum Gasteiger partial charge on any atom is -0.375 e. The summed E-state index contributed by atoms with van der Waals surface area (Å²) in [5, 5.41) is 11.1. The van der Waals surface area contributed by atoms with Gasteiger partial charge in [0.2, 0.25) is 0 Å². The number of nitrogens with zero attached hydrogens (tertiary/aromatic N) is 3. The number of halogens is 1. The third-order valence-electron chi connectivity index (χ3n) is 4.31. The molecule has 0 amide bonds. The number of aromatic nitrogens is 2. The van der Waals surface area contributed by atoms with Crippen LogP contribution >= 0.6 is 24.0 Å². The standard InChI is InChI=1S/C19H29N5O.HI/c1-6-20-19(21-12-17-14(2)23-24(4)15(17)3)22-13-18(25-5)16-10-8-7-9-11-16;/h7-11,18H,6,12-13H2,1-5H3,(H2,20,21,22);1H. The van der Waals surface area contributed by atoms with E-state index < -0.39 is 0 Å². The molecule has 1 heterocycles. The lowest BCUT2D eigenvalue weighted by Crippen LogP contribution is -2.39. The first kappa shape index (κ1) is 22.4. The summed E-state index contributed by atoms with van der Waals surface area (Å²) in [7, 11) is 3.69. The lowest BCUT2D eigenvalue weighted by molar-refractivity contribution is 0.106. The zero-order chi connectivity index (χ0) is 18.2. The molecular weight excluding hydrogens is 441 g/mol. The van der Waals surface area contributed by atoms with Gasteiger partial charge >= 0.3 is 0 Å². The molecule has 2 rings (SSSR count). The second-order valence-electron chi connectivity index (χ2n) is 5.98. The van der Waals surface area contributed by atoms with Crippen LogP contribution in [0.25, 0.3) is 0 Å². The highest BCUT2D eigenvalue weighted by atomic mass is 127. The highest BCUT2D eigenvalue weighted by Gasteiger charge is 2.12. The molecule has 1 unspecified atom stereocenters. The van der Waals surface area contributed by atoms with Gasteiger partial charge in [0.25, 0.3) is 0 Å². The predicted molar refractivity (Wildman–Crippen MR) is 117 cm³/mol. The van der Waals surface area contributed by atoms with Crippen molar-refractivity contribution in [3.8, 4) is 0 Å². The summed E-state index contributed by atoms with van der Waals surface area (Å²) in [4.78, 5) is 4.70. The molecule has 7 heteroatoms. The molecule has 6 nitrogen and oxygen atoms in total. The number of aryl methyl sites for hydroxylation is 2. The molecule has 1 aromatic carbocycles. The van der Waals surface area contributed by atoms with Gasteiger partial charge in [0.05, 0.1) is 18.3 Å². The van der Waals surface area contributed by atoms with Crippen LogP contribution in [0, 0.1) is 13.8 Å². The lowest BCUT2D eigenvalue weighted by atomic mass is 10.1. The van der Waals surface area contributed by atoms with Crippen LogP contribution in [0.1, 0.15) is 35.5 Å². The van der Waals surface area contributed by atoms with Crippen LogP contribution in [-0.2, 0) is 18.3 Å². The van der Waals surface area contributed by atoms with Gasteiger partial charge in [-0.15, -0.1) is 24.0 Å². The Kier molecular flexibility index (Phi) is 9.64. The van der Waals surface area contributed by atoms with Crippen LogP contribution in [-0.4, -0.2) is 35.9 Å². The molecule has 0 spiro atoms. The predicted octanol–water partition coefficient (Wildman–Crippen LogP) is 3.10. The minimum absolute atomic E-state index is 0. The van der Waals surface area contributed by atoms with E-state index in [-0.39, 0.29) is 30.1 Å². The van der Waals surface area contributed by atoms with Gasteiger partial charge in [0.15, 0.2) is 5.96 Å². The fraction of sp³-hybridized carbons (Fsp3) is 0.474. The third-order valence-corrected chi connectivity index (χ3v) is 4.31. The summed E-state index contributed by atoms with van der Waals surface area (Å²) in [5.74, 6) is 0.781. The molecular formula is C19H30IN5O. The Hall–Kier alpha value is -1.61. The molecule has 0 saturated carbocycles. The first-order valence-corrected chi connectivity index (χ1v) is 8.65. The normalized spacial score (nSPS) is 12.4. The van der Waals surface area contributed by atoms with Gasteiger partial charge in [-0.1, -0.05) is 30.3 Å². The first-order chi connectivity index (χ1) is 12.1. The van der Waals surface area contributed by atoms with Gasteiger partial charge in [-0.2, -0.15) is 5.10 Å². The molecule has 2 N–H and O–H groups in total. The summed E-state index contributed by atoms with van der Waals surface area (Å²) in [6.07, 6.45) is -0.0214. The molecule has 0 aliphatic rings. The van der Waals surface area contributed by atoms with E-state index in [0.29, 0.717) is 13.1 Å². The number of benzene rings is 1. The summed E-state index contributed by atoms with van der Waals surface area (Å²) < 4.78 is 7.51. The Bertz CT molecular complexity index is 699. The van der Waals surface area contributed by atoms with Gasteiger partial charge in [-0.05, 0) is 26.3 Å². The maximum Gasteiger partial charge on any atom is 0.191 e. The van der Waals surface area contributed by atoms with Crippen LogP contribution in [0.2, 0.25) is 0 Å². The number of guanidine groups is 1. The Balaban J connectivity index is 0.00000338. The minimum atomic E-state index is -0.0214. The maximum atomic E-state index is 5.61. The number of hydrogen-bond donors (Lipinski definition) is 2. The Morgan fingerprint density at radius 2 is 1.92 bits per heavy atom. The third kappa shape index (κ3) is 5.98. The lowest BCUT2D eigenvalue weighted by Gasteiger charge is -2.18. The van der Waals surface area contributed by atoms with E-state index >= 15 is 0 Å². The van der Waals surface area contributed by atoms with Gasteiger partial charge in [-0.25, -0.2) is 4.99 Å². The largest absolute Gasteiger partial charge is 0.375 e. The fourth-order valence-electron chi connectivity index (χ4n) is 2.74. The second-order valence-corrected chi connectivity index (χ2v) is 5.98. The highest BCUT2D eigenvalue weighted by Crippen LogP contribution is 2.15. The zero-order valence-electron chi connectivity index (χ0n) is 16.2. The van der Waals surface area contributed by atoms with Gasteiger partial charge < -0.3 is 15.4 Å². The topological polar surface area (TPSA) is 63.5 Å². The molecule has 0 bridgehead atoms. The van der Waals surface area contributed by atoms with E-state index in [1.165, 1.54) is 5.56 Å². The SMILES string of the molecule is CCNC(=NCc1c(C)nn(C)c1C)NCC(OC)c1ccccc1.I. The van der Waals surface area contributed by atoms with E-state index in [2.05, 4.69) is 41.7 Å². The molecule has 0 saturated heterocycles. The Labute approximate surface area is 173 Å².